The highest BCUT2D eigenvalue weighted by Gasteiger charge is 2.14. The number of nitrogens with zero attached hydrogens (tertiary/aromatic N) is 2. The van der Waals surface area contributed by atoms with Crippen LogP contribution in [0.25, 0.3) is 66.3 Å². The third-order valence-corrected chi connectivity index (χ3v) is 7.40. The van der Waals surface area contributed by atoms with Gasteiger partial charge in [-0.15, -0.1) is 0 Å². The van der Waals surface area contributed by atoms with Gasteiger partial charge < -0.3 is 0 Å². The Balaban J connectivity index is 1.36. The van der Waals surface area contributed by atoms with Crippen molar-refractivity contribution in [2.75, 3.05) is 0 Å². The molecule has 0 aliphatic rings. The van der Waals surface area contributed by atoms with Crippen molar-refractivity contribution >= 4 is 33.4 Å². The SMILES string of the molecule is Clc1cc(-c2ccccc2-c2cnc3ccccc3c2)cc(-c2ccccc2-c2cnc3ccccc3c2)c1. The van der Waals surface area contributed by atoms with Crippen LogP contribution in [-0.4, -0.2) is 9.97 Å². The van der Waals surface area contributed by atoms with E-state index in [2.05, 4.69) is 78.9 Å². The molecular formula is C36H23ClN2. The molecule has 2 heterocycles. The van der Waals surface area contributed by atoms with Gasteiger partial charge in [-0.3, -0.25) is 9.97 Å². The molecule has 0 N–H and O–H groups in total. The Morgan fingerprint density at radius 3 is 1.23 bits per heavy atom. The predicted molar refractivity (Wildman–Crippen MR) is 164 cm³/mol. The molecule has 0 unspecified atom stereocenters. The van der Waals surface area contributed by atoms with Crippen molar-refractivity contribution in [2.45, 2.75) is 0 Å². The van der Waals surface area contributed by atoms with Gasteiger partial charge in [0.15, 0.2) is 0 Å². The lowest BCUT2D eigenvalue weighted by atomic mass is 9.90. The van der Waals surface area contributed by atoms with E-state index in [4.69, 9.17) is 21.6 Å². The zero-order valence-electron chi connectivity index (χ0n) is 21.1. The Kier molecular flexibility index (Phi) is 5.88. The molecule has 3 heteroatoms. The lowest BCUT2D eigenvalue weighted by Gasteiger charge is -2.15. The quantitative estimate of drug-likeness (QED) is 0.231. The second-order valence-electron chi connectivity index (χ2n) is 9.65. The summed E-state index contributed by atoms with van der Waals surface area (Å²) in [6, 6.07) is 44.0. The third-order valence-electron chi connectivity index (χ3n) is 7.18. The highest BCUT2D eigenvalue weighted by molar-refractivity contribution is 6.31. The molecule has 0 saturated heterocycles. The number of para-hydroxylation sites is 2. The molecule has 5 aromatic carbocycles. The average molecular weight is 519 g/mol. The topological polar surface area (TPSA) is 25.8 Å². The highest BCUT2D eigenvalue weighted by atomic mass is 35.5. The molecular weight excluding hydrogens is 496 g/mol. The van der Waals surface area contributed by atoms with Gasteiger partial charge in [-0.05, 0) is 75.8 Å². The van der Waals surface area contributed by atoms with E-state index in [1.54, 1.807) is 0 Å². The minimum Gasteiger partial charge on any atom is -0.256 e. The molecule has 184 valence electrons. The van der Waals surface area contributed by atoms with E-state index in [1.165, 1.54) is 0 Å². The fourth-order valence-corrected chi connectivity index (χ4v) is 5.55. The van der Waals surface area contributed by atoms with E-state index >= 15 is 0 Å². The minimum absolute atomic E-state index is 0.695. The van der Waals surface area contributed by atoms with Crippen LogP contribution in [0, 0.1) is 0 Å². The standard InChI is InChI=1S/C36H23ClN2/c37-30-20-26(31-11-3-5-13-33(31)28-17-24-9-1-7-15-35(24)38-22-28)19-27(21-30)32-12-4-6-14-34(32)29-18-25-10-2-8-16-36(25)39-23-29/h1-23H. The number of hydrogen-bond acceptors (Lipinski definition) is 2. The second-order valence-corrected chi connectivity index (χ2v) is 10.1. The van der Waals surface area contributed by atoms with Gasteiger partial charge in [0.25, 0.3) is 0 Å². The third kappa shape index (κ3) is 4.46. The van der Waals surface area contributed by atoms with Crippen LogP contribution in [0.2, 0.25) is 5.02 Å². The van der Waals surface area contributed by atoms with Gasteiger partial charge in [0.1, 0.15) is 0 Å². The first-order chi connectivity index (χ1) is 19.2. The Hall–Kier alpha value is -4.79. The van der Waals surface area contributed by atoms with E-state index < -0.39 is 0 Å². The van der Waals surface area contributed by atoms with Crippen molar-refractivity contribution in [3.05, 3.63) is 145 Å². The highest BCUT2D eigenvalue weighted by Crippen LogP contribution is 2.39. The number of benzene rings is 5. The smallest absolute Gasteiger partial charge is 0.0702 e. The number of fused-ring (bicyclic) bond motifs is 2. The Morgan fingerprint density at radius 1 is 0.385 bits per heavy atom. The van der Waals surface area contributed by atoms with Gasteiger partial charge in [-0.25, -0.2) is 0 Å². The first-order valence-electron chi connectivity index (χ1n) is 12.9. The van der Waals surface area contributed by atoms with Crippen LogP contribution >= 0.6 is 11.6 Å². The summed E-state index contributed by atoms with van der Waals surface area (Å²) >= 11 is 6.78. The van der Waals surface area contributed by atoms with E-state index in [1.807, 2.05) is 60.9 Å². The minimum atomic E-state index is 0.695. The molecule has 0 aliphatic heterocycles. The summed E-state index contributed by atoms with van der Waals surface area (Å²) in [6.07, 6.45) is 3.91. The van der Waals surface area contributed by atoms with Gasteiger partial charge in [0, 0.05) is 39.3 Å². The number of pyridine rings is 2. The normalized spacial score (nSPS) is 11.2. The maximum absolute atomic E-state index is 6.78. The van der Waals surface area contributed by atoms with Crippen LogP contribution in [-0.2, 0) is 0 Å². The molecule has 39 heavy (non-hydrogen) atoms. The number of halogens is 1. The summed E-state index contributed by atoms with van der Waals surface area (Å²) in [5.74, 6) is 0. The van der Waals surface area contributed by atoms with Crippen molar-refractivity contribution in [3.63, 3.8) is 0 Å². The first kappa shape index (κ1) is 23.3. The van der Waals surface area contributed by atoms with Gasteiger partial charge >= 0.3 is 0 Å². The maximum Gasteiger partial charge on any atom is 0.0702 e. The van der Waals surface area contributed by atoms with Crippen molar-refractivity contribution in [3.8, 4) is 44.5 Å². The monoisotopic (exact) mass is 518 g/mol. The average Bonchev–Trinajstić information content (AvgIpc) is 3.00. The van der Waals surface area contributed by atoms with Crippen LogP contribution in [0.15, 0.2) is 140 Å². The van der Waals surface area contributed by atoms with Gasteiger partial charge in [0.05, 0.1) is 11.0 Å². The number of aromatic nitrogens is 2. The molecule has 2 aromatic heterocycles. The van der Waals surface area contributed by atoms with E-state index in [0.717, 1.165) is 66.3 Å². The lowest BCUT2D eigenvalue weighted by molar-refractivity contribution is 1.41. The Labute approximate surface area is 232 Å². The van der Waals surface area contributed by atoms with E-state index in [9.17, 15) is 0 Å². The molecule has 0 saturated carbocycles. The molecule has 7 rings (SSSR count). The summed E-state index contributed by atoms with van der Waals surface area (Å²) in [5, 5.41) is 2.93. The fourth-order valence-electron chi connectivity index (χ4n) is 5.31. The fraction of sp³-hybridized carbons (Fsp3) is 0. The molecule has 2 nitrogen and oxygen atoms in total. The second kappa shape index (κ2) is 9.83. The molecule has 0 fully saturated rings. The molecule has 0 amide bonds. The van der Waals surface area contributed by atoms with Crippen LogP contribution in [0.5, 0.6) is 0 Å². The van der Waals surface area contributed by atoms with Crippen LogP contribution in [0.4, 0.5) is 0 Å². The van der Waals surface area contributed by atoms with Crippen LogP contribution in [0.1, 0.15) is 0 Å². The van der Waals surface area contributed by atoms with Crippen LogP contribution < -0.4 is 0 Å². The molecule has 0 radical (unpaired) electrons. The van der Waals surface area contributed by atoms with Gasteiger partial charge in [-0.1, -0.05) is 96.5 Å². The summed E-state index contributed by atoms with van der Waals surface area (Å²) in [4.78, 5) is 9.42. The number of hydrogen-bond donors (Lipinski definition) is 0. The molecule has 0 spiro atoms. The Morgan fingerprint density at radius 2 is 0.769 bits per heavy atom. The summed E-state index contributed by atoms with van der Waals surface area (Å²) in [5.41, 5.74) is 10.7. The van der Waals surface area contributed by atoms with Crippen molar-refractivity contribution in [1.29, 1.82) is 0 Å². The van der Waals surface area contributed by atoms with Crippen LogP contribution in [0.3, 0.4) is 0 Å². The van der Waals surface area contributed by atoms with Gasteiger partial charge in [0.2, 0.25) is 0 Å². The van der Waals surface area contributed by atoms with E-state index in [0.29, 0.717) is 5.02 Å². The van der Waals surface area contributed by atoms with E-state index in [-0.39, 0.29) is 0 Å². The lowest BCUT2D eigenvalue weighted by Crippen LogP contribution is -1.90. The molecule has 0 aliphatic carbocycles. The molecule has 0 bridgehead atoms. The van der Waals surface area contributed by atoms with Crippen molar-refractivity contribution < 1.29 is 0 Å². The largest absolute Gasteiger partial charge is 0.256 e. The molecule has 7 aromatic rings. The first-order valence-corrected chi connectivity index (χ1v) is 13.3. The maximum atomic E-state index is 6.78. The van der Waals surface area contributed by atoms with Crippen molar-refractivity contribution in [1.82, 2.24) is 9.97 Å². The molecule has 0 atom stereocenters. The predicted octanol–water partition coefficient (Wildman–Crippen LogP) is 10.1. The van der Waals surface area contributed by atoms with Crippen molar-refractivity contribution in [2.24, 2.45) is 0 Å². The summed E-state index contributed by atoms with van der Waals surface area (Å²) in [7, 11) is 0. The summed E-state index contributed by atoms with van der Waals surface area (Å²) in [6.45, 7) is 0. The Bertz CT molecular complexity index is 1850. The zero-order chi connectivity index (χ0) is 26.2. The zero-order valence-corrected chi connectivity index (χ0v) is 21.8. The summed E-state index contributed by atoms with van der Waals surface area (Å²) < 4.78 is 0. The van der Waals surface area contributed by atoms with Gasteiger partial charge in [-0.2, -0.15) is 0 Å². The number of rotatable bonds is 4.